The van der Waals surface area contributed by atoms with Crippen molar-refractivity contribution in [2.75, 3.05) is 30.5 Å². The van der Waals surface area contributed by atoms with Gasteiger partial charge in [0.05, 0.1) is 17.3 Å². The van der Waals surface area contributed by atoms with Gasteiger partial charge in [-0.05, 0) is 25.3 Å². The Hall–Kier alpha value is -3.18. The molecule has 5 N–H and O–H groups in total. The average molecular weight is 462 g/mol. The number of nitrogen functional groups attached to an aromatic ring is 1. The molecule has 0 saturated carbocycles. The van der Waals surface area contributed by atoms with E-state index in [2.05, 4.69) is 20.3 Å². The Kier molecular flexibility index (Phi) is 6.28. The number of rotatable bonds is 5. The topological polar surface area (TPSA) is 131 Å². The van der Waals surface area contributed by atoms with Gasteiger partial charge in [-0.25, -0.2) is 30.0 Å². The van der Waals surface area contributed by atoms with Crippen LogP contribution in [0.4, 0.5) is 15.0 Å². The van der Waals surface area contributed by atoms with Gasteiger partial charge < -0.3 is 16.1 Å². The van der Waals surface area contributed by atoms with Crippen LogP contribution >= 0.6 is 11.6 Å². The molecule has 0 radical (unpaired) electrons. The molecular formula is C20H25ClFN9O. The van der Waals surface area contributed by atoms with Crippen LogP contribution in [0.15, 0.2) is 24.7 Å². The van der Waals surface area contributed by atoms with Crippen molar-refractivity contribution in [2.24, 2.45) is 5.84 Å². The number of nitrogens with zero attached hydrogens (tertiary/aromatic N) is 6. The summed E-state index contributed by atoms with van der Waals surface area (Å²) in [5.41, 5.74) is 1.04. The Balaban J connectivity index is 1.62. The Labute approximate surface area is 189 Å². The van der Waals surface area contributed by atoms with E-state index in [-0.39, 0.29) is 23.7 Å². The minimum Gasteiger partial charge on any atom is -0.338 e. The summed E-state index contributed by atoms with van der Waals surface area (Å²) in [5.74, 6) is 11.8. The van der Waals surface area contributed by atoms with Crippen molar-refractivity contribution in [3.8, 4) is 11.4 Å². The highest BCUT2D eigenvalue weighted by atomic mass is 35.5. The zero-order chi connectivity index (χ0) is 22.8. The van der Waals surface area contributed by atoms with Crippen molar-refractivity contribution in [2.45, 2.75) is 32.2 Å². The number of urea groups is 1. The molecule has 1 aliphatic rings. The van der Waals surface area contributed by atoms with Crippen molar-refractivity contribution in [1.29, 1.82) is 0 Å². The van der Waals surface area contributed by atoms with Gasteiger partial charge in [-0.2, -0.15) is 0 Å². The highest BCUT2D eigenvalue weighted by Gasteiger charge is 2.29. The first-order valence-electron chi connectivity index (χ1n) is 10.4. The van der Waals surface area contributed by atoms with Crippen LogP contribution in [-0.2, 0) is 0 Å². The maximum atomic E-state index is 14.7. The third-order valence-corrected chi connectivity index (χ3v) is 5.66. The van der Waals surface area contributed by atoms with Crippen LogP contribution in [0.2, 0.25) is 5.02 Å². The molecule has 1 atom stereocenters. The second kappa shape index (κ2) is 9.13. The quantitative estimate of drug-likeness (QED) is 0.392. The van der Waals surface area contributed by atoms with E-state index in [9.17, 15) is 9.18 Å². The Bertz CT molecular complexity index is 1140. The normalized spacial score (nSPS) is 16.4. The lowest BCUT2D eigenvalue weighted by Crippen LogP contribution is -2.55. The number of piperidine rings is 1. The van der Waals surface area contributed by atoms with Gasteiger partial charge in [0.25, 0.3) is 0 Å². The summed E-state index contributed by atoms with van der Waals surface area (Å²) in [6.07, 6.45) is 6.47. The van der Waals surface area contributed by atoms with E-state index >= 15 is 0 Å². The average Bonchev–Trinajstić information content (AvgIpc) is 3.12. The molecule has 0 bridgehead atoms. The molecule has 1 fully saturated rings. The lowest BCUT2D eigenvalue weighted by Gasteiger charge is -2.37. The number of aromatic nitrogens is 4. The van der Waals surface area contributed by atoms with Crippen molar-refractivity contribution >= 4 is 34.5 Å². The lowest BCUT2D eigenvalue weighted by atomic mass is 10.1. The van der Waals surface area contributed by atoms with E-state index < -0.39 is 5.82 Å². The maximum Gasteiger partial charge on any atom is 0.317 e. The van der Waals surface area contributed by atoms with Gasteiger partial charge in [-0.1, -0.05) is 18.5 Å². The minimum atomic E-state index is -0.656. The Morgan fingerprint density at radius 3 is 3.00 bits per heavy atom. The van der Waals surface area contributed by atoms with Gasteiger partial charge in [0.15, 0.2) is 23.1 Å². The van der Waals surface area contributed by atoms with Gasteiger partial charge in [0, 0.05) is 43.0 Å². The van der Waals surface area contributed by atoms with E-state index in [1.165, 1.54) is 15.9 Å². The highest BCUT2D eigenvalue weighted by molar-refractivity contribution is 6.31. The predicted molar refractivity (Wildman–Crippen MR) is 121 cm³/mol. The highest BCUT2D eigenvalue weighted by Crippen LogP contribution is 2.30. The number of pyridine rings is 1. The number of hydrogen-bond donors (Lipinski definition) is 3. The van der Waals surface area contributed by atoms with Crippen molar-refractivity contribution < 1.29 is 9.18 Å². The number of halogens is 2. The van der Waals surface area contributed by atoms with E-state index in [1.807, 2.05) is 6.92 Å². The first-order valence-corrected chi connectivity index (χ1v) is 10.8. The summed E-state index contributed by atoms with van der Waals surface area (Å²) in [7, 11) is 0. The number of anilines is 1. The van der Waals surface area contributed by atoms with Crippen molar-refractivity contribution in [3.63, 3.8) is 0 Å². The fraction of sp³-hybridized carbons (Fsp3) is 0.400. The Morgan fingerprint density at radius 2 is 2.22 bits per heavy atom. The molecule has 3 aromatic rings. The van der Waals surface area contributed by atoms with Crippen LogP contribution in [0.1, 0.15) is 26.2 Å². The summed E-state index contributed by atoms with van der Waals surface area (Å²) in [5, 5.41) is 5.21. The van der Waals surface area contributed by atoms with Crippen LogP contribution in [0.5, 0.6) is 0 Å². The third kappa shape index (κ3) is 4.26. The largest absolute Gasteiger partial charge is 0.338 e. The molecule has 170 valence electrons. The monoisotopic (exact) mass is 461 g/mol. The molecule has 32 heavy (non-hydrogen) atoms. The third-order valence-electron chi connectivity index (χ3n) is 5.45. The number of hydrogen-bond acceptors (Lipinski definition) is 7. The van der Waals surface area contributed by atoms with Crippen LogP contribution < -0.4 is 22.0 Å². The SMILES string of the molecule is CCCNC(=O)N1CCC[C@@H](N(N)c2nc(-c3cn(N)c4ncc(Cl)cc34)ncc2F)C1. The van der Waals surface area contributed by atoms with E-state index in [0.29, 0.717) is 47.7 Å². The number of nitrogens with one attached hydrogen (secondary N) is 1. The van der Waals surface area contributed by atoms with E-state index in [0.717, 1.165) is 19.0 Å². The van der Waals surface area contributed by atoms with Crippen molar-refractivity contribution in [3.05, 3.63) is 35.5 Å². The minimum absolute atomic E-state index is 0.0521. The smallest absolute Gasteiger partial charge is 0.317 e. The van der Waals surface area contributed by atoms with E-state index in [1.54, 1.807) is 17.2 Å². The lowest BCUT2D eigenvalue weighted by molar-refractivity contribution is 0.178. The summed E-state index contributed by atoms with van der Waals surface area (Å²) < 4.78 is 16.0. The molecule has 4 rings (SSSR count). The first kappa shape index (κ1) is 22.0. The Morgan fingerprint density at radius 1 is 1.41 bits per heavy atom. The summed E-state index contributed by atoms with van der Waals surface area (Å²) >= 11 is 6.09. The molecule has 3 aromatic heterocycles. The standard InChI is InChI=1S/C20H25ClFN9O/c1-2-5-25-20(32)29-6-3-4-13(10-29)31(24)19-16(22)9-26-17(28-19)15-11-30(23)18-14(15)7-12(21)8-27-18/h7-9,11,13H,2-6,10,23-24H2,1H3,(H,25,32)/t13-/m1/s1. The predicted octanol–water partition coefficient (Wildman–Crippen LogP) is 2.26. The van der Waals surface area contributed by atoms with Crippen LogP contribution in [0, 0.1) is 5.82 Å². The summed E-state index contributed by atoms with van der Waals surface area (Å²) in [6, 6.07) is 1.26. The number of hydrazine groups is 1. The molecule has 1 saturated heterocycles. The number of fused-ring (bicyclic) bond motifs is 1. The van der Waals surface area contributed by atoms with Crippen molar-refractivity contribution in [1.82, 2.24) is 29.8 Å². The second-order valence-corrected chi connectivity index (χ2v) is 8.16. The van der Waals surface area contributed by atoms with Gasteiger partial charge >= 0.3 is 6.03 Å². The number of carbonyl (C=O) groups excluding carboxylic acids is 1. The zero-order valence-corrected chi connectivity index (χ0v) is 18.4. The number of amides is 2. The number of carbonyl (C=O) groups is 1. The summed E-state index contributed by atoms with van der Waals surface area (Å²) in [4.78, 5) is 26.8. The molecule has 4 heterocycles. The molecule has 12 heteroatoms. The molecular weight excluding hydrogens is 437 g/mol. The molecule has 1 aliphatic heterocycles. The van der Waals surface area contributed by atoms with Gasteiger partial charge in [-0.15, -0.1) is 0 Å². The first-order chi connectivity index (χ1) is 15.4. The van der Waals surface area contributed by atoms with Gasteiger partial charge in [0.2, 0.25) is 0 Å². The molecule has 2 amide bonds. The van der Waals surface area contributed by atoms with Crippen LogP contribution in [0.25, 0.3) is 22.4 Å². The molecule has 0 aliphatic carbocycles. The second-order valence-electron chi connectivity index (χ2n) is 7.72. The molecule has 0 unspecified atom stereocenters. The molecule has 10 nitrogen and oxygen atoms in total. The fourth-order valence-corrected chi connectivity index (χ4v) is 3.99. The number of likely N-dealkylation sites (tertiary alicyclic amines) is 1. The molecule has 0 aromatic carbocycles. The molecule has 0 spiro atoms. The van der Waals surface area contributed by atoms with Gasteiger partial charge in [-0.3, -0.25) is 9.69 Å². The zero-order valence-electron chi connectivity index (χ0n) is 17.6. The van der Waals surface area contributed by atoms with Crippen LogP contribution in [0.3, 0.4) is 0 Å². The number of nitrogens with two attached hydrogens (primary N) is 2. The summed E-state index contributed by atoms with van der Waals surface area (Å²) in [6.45, 7) is 3.58. The maximum absolute atomic E-state index is 14.7. The van der Waals surface area contributed by atoms with Gasteiger partial charge in [0.1, 0.15) is 0 Å². The van der Waals surface area contributed by atoms with E-state index in [4.69, 9.17) is 23.3 Å². The van der Waals surface area contributed by atoms with Crippen LogP contribution in [-0.4, -0.2) is 56.2 Å². The fourth-order valence-electron chi connectivity index (χ4n) is 3.84.